The molecule has 0 spiro atoms. The quantitative estimate of drug-likeness (QED) is 0.0217. The summed E-state index contributed by atoms with van der Waals surface area (Å²) in [5.41, 5.74) is -0.750. The fraction of sp³-hybridized carbons (Fsp3) is 0.831. The molecule has 0 aliphatic rings. The van der Waals surface area contributed by atoms with Crippen molar-refractivity contribution in [2.45, 2.75) is 281 Å². The summed E-state index contributed by atoms with van der Waals surface area (Å²) in [7, 11) is 4.49. The van der Waals surface area contributed by atoms with Gasteiger partial charge in [0.25, 0.3) is 12.4 Å². The predicted octanol–water partition coefficient (Wildman–Crippen LogP) is 4.22. The molecule has 0 aliphatic carbocycles. The summed E-state index contributed by atoms with van der Waals surface area (Å²) in [6.07, 6.45) is 5.82. The maximum atomic E-state index is 11.7. The van der Waals surface area contributed by atoms with Crippen LogP contribution < -0.4 is 194 Å². The minimum atomic E-state index is -2.96. The second kappa shape index (κ2) is 289. The molecule has 0 aromatic rings. The fourth-order valence-corrected chi connectivity index (χ4v) is 2.35. The zero-order chi connectivity index (χ0) is 83.8. The first-order valence-electron chi connectivity index (χ1n) is 31.3. The molecule has 0 rings (SSSR count). The molecule has 35 heteroatoms. The van der Waals surface area contributed by atoms with Crippen molar-refractivity contribution in [3.05, 3.63) is 12.2 Å². The van der Waals surface area contributed by atoms with Crippen molar-refractivity contribution in [3.63, 3.8) is 0 Å². The fourth-order valence-electron chi connectivity index (χ4n) is 0.889. The molecule has 0 saturated heterocycles. The molecule has 23 nitrogen and oxygen atoms in total. The summed E-state index contributed by atoms with van der Waals surface area (Å²) in [5.74, 6) is -1.65. The van der Waals surface area contributed by atoms with Crippen molar-refractivity contribution >= 4 is 122 Å². The van der Waals surface area contributed by atoms with Crippen LogP contribution >= 0.6 is 52.3 Å². The van der Waals surface area contributed by atoms with Crippen LogP contribution in [0.5, 0.6) is 0 Å². The molecule has 0 saturated carbocycles. The van der Waals surface area contributed by atoms with Crippen molar-refractivity contribution in [2.24, 2.45) is 0 Å². The number of carbonyl (C=O) groups is 8. The van der Waals surface area contributed by atoms with E-state index in [4.69, 9.17) is 59.3 Å². The normalized spacial score (nSPS) is 6.57. The number of carbonyl (C=O) groups excluding carboxylic acids is 7. The standard InChI is InChI=1S/C8H17O3P.C4H9O.C4H8.C3H6F2O.2C3H6O2.C3H6OS.C3H8O.C3H8.C2H5Br.C2H4O2.C2H6O.3C2H4O.8C2H6.CH5BO2.CH2O3.CH4O.B.BrH.3K.Na.2H/c1-4-11-8(9)7-12(10,5-2)6-3;1-4(2,3)5;1-3-4-2;1-3(4,5)6-2;2*1-3(4)5-2;1-3(5)4-2;1-3-4-2;1-3-2;1-2-3;1-2(3)4;4*1-2-3;8*1-2;1-2(3)4;2-1-4-3;1-2;;;;;;;;/h4-7H2,1-3H3;1-3H3;3-4H,1-2H3;1-2H3;3*1-2H3;3H2,1-2H3;3H2,1-2H3;2H2,1H3;1H3,(H,3,4);3H,2H2,1H3;3*2H,1H3;8*1-2H3;3-4H,1H3;1,3H;2H,1H3;;1H;;;;;;/q;-1;;;;;;;;;;;;;;;;;;;;;;;;;;;4*+1;2*-1/p-1. The first-order valence-corrected chi connectivity index (χ1v) is 35.1. The molecule has 609 valence electrons. The van der Waals surface area contributed by atoms with Gasteiger partial charge in [0.2, 0.25) is 0 Å². The number of aliphatic carboxylic acids is 1. The van der Waals surface area contributed by atoms with Gasteiger partial charge in [-0.05, 0) is 86.8 Å². The van der Waals surface area contributed by atoms with E-state index >= 15 is 0 Å². The first kappa shape index (κ1) is 213. The number of esters is 3. The van der Waals surface area contributed by atoms with Gasteiger partial charge in [-0.25, -0.2) is 0 Å². The molecule has 0 aromatic carbocycles. The number of halogens is 4. The summed E-state index contributed by atoms with van der Waals surface area (Å²) in [6.45, 7) is 69.4. The first-order chi connectivity index (χ1) is 43.6. The van der Waals surface area contributed by atoms with Gasteiger partial charge in [0.15, 0.2) is 5.05 Å². The molecule has 0 atom stereocenters. The average molecular weight is 1730 g/mol. The number of carboxylic acids is 1. The smallest absolute Gasteiger partial charge is 1.00 e. The Morgan fingerprint density at radius 1 is 0.600 bits per heavy atom. The zero-order valence-corrected chi connectivity index (χ0v) is 90.1. The van der Waals surface area contributed by atoms with E-state index in [0.29, 0.717) is 30.9 Å². The molecule has 3 radical (unpaired) electrons. The minimum Gasteiger partial charge on any atom is -1.00 e. The number of ether oxygens (including phenoxy) is 6. The molecule has 0 aliphatic heterocycles. The van der Waals surface area contributed by atoms with E-state index < -0.39 is 31.9 Å². The number of aldehydes is 3. The molecular weight excluding hydrogens is 1570 g/mol. The number of hydrogen-bond donors (Lipinski definition) is 5. The largest absolute Gasteiger partial charge is 1.00 e. The molecule has 0 bridgehead atoms. The van der Waals surface area contributed by atoms with Crippen LogP contribution in [0.3, 0.4) is 0 Å². The minimum absolute atomic E-state index is 0. The van der Waals surface area contributed by atoms with E-state index in [0.717, 1.165) is 51.9 Å². The maximum absolute atomic E-state index is 11.7. The summed E-state index contributed by atoms with van der Waals surface area (Å²) in [5, 5.41) is 57.4. The monoisotopic (exact) mass is 1730 g/mol. The topological polar surface area (TPSA) is 366 Å². The number of rotatable bonds is 8. The molecule has 0 unspecified atom stereocenters. The van der Waals surface area contributed by atoms with Crippen LogP contribution in [0.25, 0.3) is 0 Å². The Bertz CT molecular complexity index is 1160. The van der Waals surface area contributed by atoms with Crippen molar-refractivity contribution in [1.82, 2.24) is 0 Å². The summed E-state index contributed by atoms with van der Waals surface area (Å²) in [4.78, 5) is 76.8. The molecule has 0 amide bonds. The van der Waals surface area contributed by atoms with Crippen LogP contribution in [-0.2, 0) is 76.2 Å². The van der Waals surface area contributed by atoms with Crippen molar-refractivity contribution in [1.29, 1.82) is 0 Å². The van der Waals surface area contributed by atoms with E-state index in [2.05, 4.69) is 70.6 Å². The summed E-state index contributed by atoms with van der Waals surface area (Å²) < 4.78 is 59.8. The van der Waals surface area contributed by atoms with Gasteiger partial charge in [-0.15, -0.1) is 22.6 Å². The summed E-state index contributed by atoms with van der Waals surface area (Å²) >= 11 is 7.62. The number of carboxylic acid groups (broad SMARTS) is 1. The van der Waals surface area contributed by atoms with Gasteiger partial charge in [0.1, 0.15) is 18.9 Å². The Morgan fingerprint density at radius 2 is 0.720 bits per heavy atom. The summed E-state index contributed by atoms with van der Waals surface area (Å²) in [6, 6.07) is 0. The van der Waals surface area contributed by atoms with E-state index in [1.165, 1.54) is 62.1 Å². The number of alkyl halides is 3. The number of aliphatic hydroxyl groups is 2. The van der Waals surface area contributed by atoms with Gasteiger partial charge in [-0.3, -0.25) is 24.0 Å². The predicted molar refractivity (Wildman–Crippen MR) is 423 cm³/mol. The van der Waals surface area contributed by atoms with Crippen LogP contribution in [0.4, 0.5) is 8.78 Å². The van der Waals surface area contributed by atoms with Gasteiger partial charge in [-0.1, -0.05) is 201 Å². The molecular formula is C65H162B2Br2F2K3NaO23PS. The molecule has 100 heavy (non-hydrogen) atoms. The molecule has 0 aromatic heterocycles. The third-order valence-corrected chi connectivity index (χ3v) is 7.06. The van der Waals surface area contributed by atoms with Gasteiger partial charge in [-0.2, -0.15) is 8.78 Å². The zero-order valence-electron chi connectivity index (χ0n) is 75.8. The Kier molecular flexibility index (Phi) is 615. The van der Waals surface area contributed by atoms with Gasteiger partial charge in [0.05, 0.1) is 41.2 Å². The average Bonchev–Trinajstić information content (AvgIpc) is 3.54. The van der Waals surface area contributed by atoms with Gasteiger partial charge >= 0.3 is 215 Å². The van der Waals surface area contributed by atoms with E-state index in [1.807, 2.05) is 164 Å². The van der Waals surface area contributed by atoms with Gasteiger partial charge in [0, 0.05) is 82.9 Å². The van der Waals surface area contributed by atoms with Crippen molar-refractivity contribution < 1.29 is 307 Å². The van der Waals surface area contributed by atoms with E-state index in [1.54, 1.807) is 55.8 Å². The number of hydrogen-bond acceptors (Lipinski definition) is 23. The number of methoxy groups -OCH3 is 5. The van der Waals surface area contributed by atoms with Crippen LogP contribution in [0.2, 0.25) is 6.82 Å². The van der Waals surface area contributed by atoms with Crippen LogP contribution in [0.1, 0.15) is 265 Å². The van der Waals surface area contributed by atoms with Crippen molar-refractivity contribution in [2.75, 3.05) is 86.3 Å². The number of thiocarbonyl (C=S) groups is 1. The number of allylic oxidation sites excluding steroid dienone is 2. The molecule has 0 fully saturated rings. The maximum Gasteiger partial charge on any atom is 1.00 e. The Balaban J connectivity index is -0.0000000149. The van der Waals surface area contributed by atoms with E-state index in [-0.39, 0.29) is 249 Å². The van der Waals surface area contributed by atoms with Crippen molar-refractivity contribution in [3.8, 4) is 0 Å². The molecule has 5 N–H and O–H groups in total. The Labute approximate surface area is 797 Å². The number of aliphatic hydroxyl groups excluding tert-OH is 2. The SMILES string of the molecule is Br.CB(O)O.CC.CC.CC.CC.CC.CC.CC.CC.CC(=O)O.CC(C)(C)[O-].CC=CC.CC=O.CC=O.CC=O.CCBr.CCC.CCO.CCOC.CCOC(=O)CP(=O)(CC)CC.CO.COC(C)(F)F.COC(C)=O.COC(C)=O.COC(C)=S.O=CO[O-].[B].[H-].[H-].[K+].[K+].[K+].[Na+]. The van der Waals surface area contributed by atoms with E-state index in [9.17, 15) is 32.8 Å². The third kappa shape index (κ3) is 1210. The van der Waals surface area contributed by atoms with Crippen LogP contribution in [0.15, 0.2) is 12.2 Å². The second-order valence-corrected chi connectivity index (χ2v) is 17.8. The third-order valence-electron chi connectivity index (χ3n) is 3.76. The Hall–Kier alpha value is 2.76. The van der Waals surface area contributed by atoms with Crippen LogP contribution in [0, 0.1) is 0 Å². The Morgan fingerprint density at radius 3 is 0.760 bits per heavy atom. The molecule has 0 heterocycles. The second-order valence-electron chi connectivity index (χ2n) is 12.5. The van der Waals surface area contributed by atoms with Crippen LogP contribution in [-0.4, -0.2) is 193 Å². The van der Waals surface area contributed by atoms with Gasteiger partial charge < -0.3 is 90.8 Å².